The highest BCUT2D eigenvalue weighted by atomic mass is 32.1. The molecule has 146 valence electrons. The Morgan fingerprint density at radius 2 is 2.10 bits per heavy atom. The number of nitriles is 1. The first kappa shape index (κ1) is 19.2. The second kappa shape index (κ2) is 8.06. The smallest absolute Gasteiger partial charge is 0.254 e. The molecule has 0 radical (unpaired) electrons. The molecule has 1 aliphatic heterocycles. The lowest BCUT2D eigenvalue weighted by Crippen LogP contribution is -2.35. The molecule has 0 spiro atoms. The van der Waals surface area contributed by atoms with Crippen molar-refractivity contribution in [1.82, 2.24) is 4.90 Å². The number of nitrogens with one attached hydrogen (secondary N) is 1. The largest absolute Gasteiger partial charge is 0.372 e. The Kier molecular flexibility index (Phi) is 5.32. The number of hydrogen-bond acceptors (Lipinski definition) is 4. The van der Waals surface area contributed by atoms with Gasteiger partial charge in [-0.25, -0.2) is 4.39 Å². The number of benzene rings is 2. The van der Waals surface area contributed by atoms with Gasteiger partial charge in [0.1, 0.15) is 16.9 Å². The molecule has 29 heavy (non-hydrogen) atoms. The van der Waals surface area contributed by atoms with Crippen LogP contribution in [-0.4, -0.2) is 17.4 Å². The van der Waals surface area contributed by atoms with E-state index in [0.717, 1.165) is 26.6 Å². The molecule has 0 bridgehead atoms. The maximum Gasteiger partial charge on any atom is 0.254 e. The molecule has 0 saturated carbocycles. The summed E-state index contributed by atoms with van der Waals surface area (Å²) in [6.45, 7) is 3.51. The van der Waals surface area contributed by atoms with Crippen molar-refractivity contribution in [3.63, 3.8) is 0 Å². The molecule has 4 rings (SSSR count). The number of anilines is 1. The SMILES string of the molecule is Cc1cccc(C(=O)N2CCc3c(sc(NCc4cccc(F)c4)c3C#N)C2)c1. The van der Waals surface area contributed by atoms with Gasteiger partial charge in [-0.3, -0.25) is 4.79 Å². The highest BCUT2D eigenvalue weighted by Crippen LogP contribution is 2.37. The third-order valence-corrected chi connectivity index (χ3v) is 6.24. The van der Waals surface area contributed by atoms with E-state index in [9.17, 15) is 14.4 Å². The van der Waals surface area contributed by atoms with Crippen molar-refractivity contribution in [3.05, 3.63) is 87.0 Å². The second-order valence-electron chi connectivity index (χ2n) is 7.15. The Bertz CT molecular complexity index is 1120. The van der Waals surface area contributed by atoms with Crippen molar-refractivity contribution in [2.75, 3.05) is 11.9 Å². The zero-order valence-electron chi connectivity index (χ0n) is 16.0. The molecule has 1 amide bonds. The topological polar surface area (TPSA) is 56.1 Å². The number of nitrogens with zero attached hydrogens (tertiary/aromatic N) is 2. The number of fused-ring (bicyclic) bond motifs is 1. The lowest BCUT2D eigenvalue weighted by Gasteiger charge is -2.27. The van der Waals surface area contributed by atoms with Crippen molar-refractivity contribution in [1.29, 1.82) is 5.26 Å². The number of carbonyl (C=O) groups excluding carboxylic acids is 1. The van der Waals surface area contributed by atoms with Crippen molar-refractivity contribution in [3.8, 4) is 6.07 Å². The molecule has 0 fully saturated rings. The van der Waals surface area contributed by atoms with Crippen LogP contribution in [0.4, 0.5) is 9.39 Å². The number of amides is 1. The second-order valence-corrected chi connectivity index (χ2v) is 8.25. The summed E-state index contributed by atoms with van der Waals surface area (Å²) >= 11 is 1.51. The molecule has 2 heterocycles. The van der Waals surface area contributed by atoms with Crippen LogP contribution in [0.3, 0.4) is 0 Å². The minimum Gasteiger partial charge on any atom is -0.372 e. The molecule has 0 unspecified atom stereocenters. The number of aryl methyl sites for hydroxylation is 1. The summed E-state index contributed by atoms with van der Waals surface area (Å²) in [5.74, 6) is -0.263. The minimum absolute atomic E-state index is 0.0144. The molecule has 2 aromatic carbocycles. The Hall–Kier alpha value is -3.17. The monoisotopic (exact) mass is 405 g/mol. The van der Waals surface area contributed by atoms with E-state index in [-0.39, 0.29) is 11.7 Å². The Balaban J connectivity index is 1.53. The third kappa shape index (κ3) is 4.01. The summed E-state index contributed by atoms with van der Waals surface area (Å²) < 4.78 is 13.4. The number of thiophene rings is 1. The summed E-state index contributed by atoms with van der Waals surface area (Å²) in [5.41, 5.74) is 4.23. The van der Waals surface area contributed by atoms with Gasteiger partial charge in [-0.05, 0) is 48.7 Å². The van der Waals surface area contributed by atoms with E-state index in [2.05, 4.69) is 11.4 Å². The average molecular weight is 405 g/mol. The maximum atomic E-state index is 13.4. The predicted octanol–water partition coefficient (Wildman–Crippen LogP) is 4.88. The van der Waals surface area contributed by atoms with Crippen LogP contribution >= 0.6 is 11.3 Å². The third-order valence-electron chi connectivity index (χ3n) is 5.06. The fraction of sp³-hybridized carbons (Fsp3) is 0.217. The van der Waals surface area contributed by atoms with E-state index < -0.39 is 0 Å². The molecule has 4 nitrogen and oxygen atoms in total. The van der Waals surface area contributed by atoms with Gasteiger partial charge in [-0.1, -0.05) is 29.8 Å². The highest BCUT2D eigenvalue weighted by Gasteiger charge is 2.27. The molecule has 1 aliphatic rings. The van der Waals surface area contributed by atoms with Crippen LogP contribution in [0, 0.1) is 24.1 Å². The molecule has 1 aromatic heterocycles. The Morgan fingerprint density at radius 3 is 2.86 bits per heavy atom. The minimum atomic E-state index is -0.277. The van der Waals surface area contributed by atoms with Crippen LogP contribution in [0.15, 0.2) is 48.5 Å². The van der Waals surface area contributed by atoms with Gasteiger partial charge in [0.2, 0.25) is 0 Å². The van der Waals surface area contributed by atoms with Crippen LogP contribution in [0.25, 0.3) is 0 Å². The van der Waals surface area contributed by atoms with Gasteiger partial charge in [0.25, 0.3) is 5.91 Å². The van der Waals surface area contributed by atoms with E-state index in [1.165, 1.54) is 23.5 Å². The van der Waals surface area contributed by atoms with Gasteiger partial charge in [0, 0.05) is 23.5 Å². The van der Waals surface area contributed by atoms with Gasteiger partial charge >= 0.3 is 0 Å². The van der Waals surface area contributed by atoms with Gasteiger partial charge in [0.15, 0.2) is 0 Å². The molecule has 6 heteroatoms. The zero-order valence-corrected chi connectivity index (χ0v) is 16.9. The van der Waals surface area contributed by atoms with Gasteiger partial charge < -0.3 is 10.2 Å². The van der Waals surface area contributed by atoms with Crippen molar-refractivity contribution < 1.29 is 9.18 Å². The summed E-state index contributed by atoms with van der Waals surface area (Å²) in [6.07, 6.45) is 0.661. The normalized spacial score (nSPS) is 12.9. The zero-order chi connectivity index (χ0) is 20.4. The fourth-order valence-electron chi connectivity index (χ4n) is 3.61. The summed E-state index contributed by atoms with van der Waals surface area (Å²) in [5, 5.41) is 13.7. The van der Waals surface area contributed by atoms with E-state index in [4.69, 9.17) is 0 Å². The van der Waals surface area contributed by atoms with Crippen molar-refractivity contribution >= 4 is 22.2 Å². The summed E-state index contributed by atoms with van der Waals surface area (Å²) in [7, 11) is 0. The van der Waals surface area contributed by atoms with Crippen LogP contribution < -0.4 is 5.32 Å². The fourth-order valence-corrected chi connectivity index (χ4v) is 4.82. The lowest BCUT2D eigenvalue weighted by molar-refractivity contribution is 0.0737. The quantitative estimate of drug-likeness (QED) is 0.673. The van der Waals surface area contributed by atoms with Crippen LogP contribution in [-0.2, 0) is 19.5 Å². The van der Waals surface area contributed by atoms with E-state index in [0.29, 0.717) is 37.2 Å². The average Bonchev–Trinajstić information content (AvgIpc) is 3.08. The Morgan fingerprint density at radius 1 is 1.28 bits per heavy atom. The molecule has 3 aromatic rings. The standard InChI is InChI=1S/C23H20FN3OS/c1-15-4-2-6-17(10-15)23(28)27-9-8-19-20(12-25)22(29-21(19)14-27)26-13-16-5-3-7-18(24)11-16/h2-7,10-11,26H,8-9,13-14H2,1H3. The molecule has 0 atom stereocenters. The number of carbonyl (C=O) groups is 1. The van der Waals surface area contributed by atoms with Gasteiger partial charge in [-0.2, -0.15) is 5.26 Å². The number of halogens is 1. The van der Waals surface area contributed by atoms with Gasteiger partial charge in [-0.15, -0.1) is 11.3 Å². The van der Waals surface area contributed by atoms with Crippen LogP contribution in [0.2, 0.25) is 0 Å². The van der Waals surface area contributed by atoms with E-state index in [1.54, 1.807) is 6.07 Å². The molecule has 0 aliphatic carbocycles. The van der Waals surface area contributed by atoms with Crippen LogP contribution in [0.1, 0.15) is 37.5 Å². The first-order valence-corrected chi connectivity index (χ1v) is 10.3. The molecular weight excluding hydrogens is 385 g/mol. The predicted molar refractivity (Wildman–Crippen MR) is 112 cm³/mol. The summed E-state index contributed by atoms with van der Waals surface area (Å²) in [6, 6.07) is 16.3. The van der Waals surface area contributed by atoms with Crippen molar-refractivity contribution in [2.45, 2.75) is 26.4 Å². The van der Waals surface area contributed by atoms with Crippen LogP contribution in [0.5, 0.6) is 0 Å². The lowest BCUT2D eigenvalue weighted by atomic mass is 10.0. The maximum absolute atomic E-state index is 13.4. The van der Waals surface area contributed by atoms with Gasteiger partial charge in [0.05, 0.1) is 12.1 Å². The first-order chi connectivity index (χ1) is 14.0. The number of rotatable bonds is 4. The molecular formula is C23H20FN3OS. The first-order valence-electron chi connectivity index (χ1n) is 9.44. The Labute approximate surface area is 173 Å². The van der Waals surface area contributed by atoms with E-state index >= 15 is 0 Å². The summed E-state index contributed by atoms with van der Waals surface area (Å²) in [4.78, 5) is 15.8. The van der Waals surface area contributed by atoms with E-state index in [1.807, 2.05) is 42.2 Å². The highest BCUT2D eigenvalue weighted by molar-refractivity contribution is 7.16. The van der Waals surface area contributed by atoms with Crippen molar-refractivity contribution in [2.24, 2.45) is 0 Å². The molecule has 0 saturated heterocycles. The molecule has 1 N–H and O–H groups in total. The number of hydrogen-bond donors (Lipinski definition) is 1.